The monoisotopic (exact) mass is 212 g/mol. The molecule has 2 aliphatic heterocycles. The predicted molar refractivity (Wildman–Crippen MR) is 61.8 cm³/mol. The zero-order chi connectivity index (χ0) is 10.7. The number of hydrogen-bond acceptors (Lipinski definition) is 3. The van der Waals surface area contributed by atoms with Crippen LogP contribution < -0.4 is 5.73 Å². The molecule has 3 nitrogen and oxygen atoms in total. The van der Waals surface area contributed by atoms with E-state index in [1.807, 2.05) is 0 Å². The highest BCUT2D eigenvalue weighted by Gasteiger charge is 2.28. The van der Waals surface area contributed by atoms with E-state index >= 15 is 0 Å². The van der Waals surface area contributed by atoms with Crippen molar-refractivity contribution in [1.82, 2.24) is 4.90 Å². The van der Waals surface area contributed by atoms with Crippen LogP contribution in [0.5, 0.6) is 0 Å². The summed E-state index contributed by atoms with van der Waals surface area (Å²) in [7, 11) is 0. The molecule has 2 fully saturated rings. The second-order valence-electron chi connectivity index (χ2n) is 5.07. The van der Waals surface area contributed by atoms with E-state index in [9.17, 15) is 0 Å². The first-order valence-corrected chi connectivity index (χ1v) is 6.35. The van der Waals surface area contributed by atoms with Crippen LogP contribution >= 0.6 is 0 Å². The maximum absolute atomic E-state index is 5.71. The lowest BCUT2D eigenvalue weighted by molar-refractivity contribution is -0.0243. The molecule has 0 aromatic rings. The Morgan fingerprint density at radius 3 is 2.60 bits per heavy atom. The van der Waals surface area contributed by atoms with Crippen LogP contribution in [0.4, 0.5) is 0 Å². The summed E-state index contributed by atoms with van der Waals surface area (Å²) in [5, 5.41) is 0. The van der Waals surface area contributed by atoms with E-state index in [-0.39, 0.29) is 0 Å². The zero-order valence-electron chi connectivity index (χ0n) is 9.82. The summed E-state index contributed by atoms with van der Waals surface area (Å²) in [5.74, 6) is 0.776. The molecule has 0 bridgehead atoms. The summed E-state index contributed by atoms with van der Waals surface area (Å²) >= 11 is 0. The van der Waals surface area contributed by atoms with Crippen molar-refractivity contribution >= 4 is 0 Å². The summed E-state index contributed by atoms with van der Waals surface area (Å²) in [5.41, 5.74) is 5.71. The minimum Gasteiger partial charge on any atom is -0.378 e. The van der Waals surface area contributed by atoms with Gasteiger partial charge in [-0.2, -0.15) is 0 Å². The van der Waals surface area contributed by atoms with Crippen LogP contribution in [-0.4, -0.2) is 43.3 Å². The maximum Gasteiger partial charge on any atom is 0.0561 e. The van der Waals surface area contributed by atoms with E-state index in [0.29, 0.717) is 6.10 Å². The SMILES string of the molecule is CC1CC(N2CCC(CN)CC2)CCO1. The number of piperidine rings is 1. The highest BCUT2D eigenvalue weighted by Crippen LogP contribution is 2.24. The molecule has 2 saturated heterocycles. The van der Waals surface area contributed by atoms with Gasteiger partial charge in [0, 0.05) is 12.6 Å². The van der Waals surface area contributed by atoms with Gasteiger partial charge < -0.3 is 15.4 Å². The summed E-state index contributed by atoms with van der Waals surface area (Å²) in [4.78, 5) is 2.66. The van der Waals surface area contributed by atoms with Crippen molar-refractivity contribution in [3.63, 3.8) is 0 Å². The average Bonchev–Trinajstić information content (AvgIpc) is 2.29. The van der Waals surface area contributed by atoms with E-state index in [2.05, 4.69) is 11.8 Å². The molecule has 3 heteroatoms. The molecule has 0 amide bonds. The highest BCUT2D eigenvalue weighted by molar-refractivity contribution is 4.82. The first-order chi connectivity index (χ1) is 7.29. The molecule has 2 rings (SSSR count). The lowest BCUT2D eigenvalue weighted by Gasteiger charge is -2.40. The Balaban J connectivity index is 1.79. The number of ether oxygens (including phenoxy) is 1. The van der Waals surface area contributed by atoms with E-state index in [4.69, 9.17) is 10.5 Å². The van der Waals surface area contributed by atoms with Gasteiger partial charge in [-0.05, 0) is 58.2 Å². The van der Waals surface area contributed by atoms with Crippen molar-refractivity contribution < 1.29 is 4.74 Å². The van der Waals surface area contributed by atoms with Crippen LogP contribution in [0.1, 0.15) is 32.6 Å². The fraction of sp³-hybridized carbons (Fsp3) is 1.00. The maximum atomic E-state index is 5.71. The van der Waals surface area contributed by atoms with Crippen molar-refractivity contribution in [1.29, 1.82) is 0 Å². The predicted octanol–water partition coefficient (Wildman–Crippen LogP) is 1.22. The zero-order valence-corrected chi connectivity index (χ0v) is 9.82. The van der Waals surface area contributed by atoms with Crippen molar-refractivity contribution in [2.45, 2.75) is 44.8 Å². The number of likely N-dealkylation sites (tertiary alicyclic amines) is 1. The summed E-state index contributed by atoms with van der Waals surface area (Å²) in [6, 6.07) is 0.771. The Bertz CT molecular complexity index is 190. The van der Waals surface area contributed by atoms with Gasteiger partial charge in [-0.25, -0.2) is 0 Å². The fourth-order valence-corrected chi connectivity index (χ4v) is 2.86. The van der Waals surface area contributed by atoms with Gasteiger partial charge >= 0.3 is 0 Å². The molecule has 2 atom stereocenters. The Hall–Kier alpha value is -0.120. The number of hydrogen-bond donors (Lipinski definition) is 1. The number of rotatable bonds is 2. The molecule has 0 saturated carbocycles. The molecule has 2 heterocycles. The van der Waals surface area contributed by atoms with Gasteiger partial charge in [0.2, 0.25) is 0 Å². The largest absolute Gasteiger partial charge is 0.378 e. The van der Waals surface area contributed by atoms with Gasteiger partial charge in [-0.3, -0.25) is 0 Å². The van der Waals surface area contributed by atoms with Gasteiger partial charge in [0.25, 0.3) is 0 Å². The lowest BCUT2D eigenvalue weighted by Crippen LogP contribution is -2.46. The summed E-state index contributed by atoms with van der Waals surface area (Å²) < 4.78 is 5.59. The van der Waals surface area contributed by atoms with Gasteiger partial charge in [-0.1, -0.05) is 0 Å². The Kier molecular flexibility index (Phi) is 4.00. The number of nitrogens with two attached hydrogens (primary N) is 1. The molecular formula is C12H24N2O. The van der Waals surface area contributed by atoms with Gasteiger partial charge in [0.15, 0.2) is 0 Å². The molecule has 88 valence electrons. The minimum absolute atomic E-state index is 0.455. The van der Waals surface area contributed by atoms with E-state index < -0.39 is 0 Å². The molecule has 0 aliphatic carbocycles. The Labute approximate surface area is 93.0 Å². The van der Waals surface area contributed by atoms with Crippen LogP contribution in [-0.2, 0) is 4.74 Å². The molecule has 0 radical (unpaired) electrons. The third-order valence-corrected chi connectivity index (χ3v) is 3.96. The molecular weight excluding hydrogens is 188 g/mol. The third kappa shape index (κ3) is 2.92. The molecule has 2 aliphatic rings. The van der Waals surface area contributed by atoms with Gasteiger partial charge in [-0.15, -0.1) is 0 Å². The summed E-state index contributed by atoms with van der Waals surface area (Å²) in [6.45, 7) is 6.51. The normalized spacial score (nSPS) is 35.6. The highest BCUT2D eigenvalue weighted by atomic mass is 16.5. The summed E-state index contributed by atoms with van der Waals surface area (Å²) in [6.07, 6.45) is 5.48. The molecule has 2 unspecified atom stereocenters. The molecule has 15 heavy (non-hydrogen) atoms. The molecule has 0 aromatic carbocycles. The molecule has 0 spiro atoms. The second kappa shape index (κ2) is 5.28. The topological polar surface area (TPSA) is 38.5 Å². The average molecular weight is 212 g/mol. The van der Waals surface area contributed by atoms with Crippen molar-refractivity contribution in [2.75, 3.05) is 26.2 Å². The fourth-order valence-electron chi connectivity index (χ4n) is 2.86. The van der Waals surface area contributed by atoms with Gasteiger partial charge in [0.1, 0.15) is 0 Å². The van der Waals surface area contributed by atoms with Crippen LogP contribution in [0.2, 0.25) is 0 Å². The smallest absolute Gasteiger partial charge is 0.0561 e. The van der Waals surface area contributed by atoms with E-state index in [0.717, 1.165) is 25.1 Å². The van der Waals surface area contributed by atoms with E-state index in [1.54, 1.807) is 0 Å². The van der Waals surface area contributed by atoms with E-state index in [1.165, 1.54) is 38.8 Å². The Morgan fingerprint density at radius 2 is 2.00 bits per heavy atom. The van der Waals surface area contributed by atoms with Crippen molar-refractivity contribution in [2.24, 2.45) is 11.7 Å². The molecule has 2 N–H and O–H groups in total. The van der Waals surface area contributed by atoms with Crippen molar-refractivity contribution in [3.8, 4) is 0 Å². The minimum atomic E-state index is 0.455. The first kappa shape index (κ1) is 11.4. The van der Waals surface area contributed by atoms with Crippen LogP contribution in [0.25, 0.3) is 0 Å². The first-order valence-electron chi connectivity index (χ1n) is 6.35. The lowest BCUT2D eigenvalue weighted by atomic mass is 9.93. The van der Waals surface area contributed by atoms with Gasteiger partial charge in [0.05, 0.1) is 6.10 Å². The second-order valence-corrected chi connectivity index (χ2v) is 5.07. The quantitative estimate of drug-likeness (QED) is 0.748. The molecule has 0 aromatic heterocycles. The number of nitrogens with zero attached hydrogens (tertiary/aromatic N) is 1. The van der Waals surface area contributed by atoms with Crippen molar-refractivity contribution in [3.05, 3.63) is 0 Å². The van der Waals surface area contributed by atoms with Crippen LogP contribution in [0, 0.1) is 5.92 Å². The standard InChI is InChI=1S/C12H24N2O/c1-10-8-12(4-7-15-10)14-5-2-11(9-13)3-6-14/h10-12H,2-9,13H2,1H3. The van der Waals surface area contributed by atoms with Crippen LogP contribution in [0.15, 0.2) is 0 Å². The Morgan fingerprint density at radius 1 is 1.27 bits per heavy atom. The van der Waals surface area contributed by atoms with Crippen LogP contribution in [0.3, 0.4) is 0 Å². The third-order valence-electron chi connectivity index (χ3n) is 3.96.